The highest BCUT2D eigenvalue weighted by Crippen LogP contribution is 2.29. The third-order valence-corrected chi connectivity index (χ3v) is 2.80. The Morgan fingerprint density at radius 2 is 1.94 bits per heavy atom. The number of methoxy groups -OCH3 is 2. The highest BCUT2D eigenvalue weighted by Gasteiger charge is 2.36. The number of hydrogen-bond acceptors (Lipinski definition) is 7. The van der Waals surface area contributed by atoms with Crippen LogP contribution in [0.15, 0.2) is 0 Å². The molecule has 1 rings (SSSR count). The third kappa shape index (κ3) is 3.39. The van der Waals surface area contributed by atoms with Gasteiger partial charge in [0, 0.05) is 7.11 Å². The quantitative estimate of drug-likeness (QED) is 0.537. The molecular weight excluding hydrogens is 218 g/mol. The van der Waals surface area contributed by atoms with Crippen LogP contribution in [0.2, 0.25) is 0 Å². The van der Waals surface area contributed by atoms with Crippen LogP contribution < -0.4 is 0 Å². The Balaban J connectivity index is 2.57. The van der Waals surface area contributed by atoms with Crippen LogP contribution in [0, 0.1) is 5.92 Å². The average Bonchev–Trinajstić information content (AvgIpc) is 2.27. The van der Waals surface area contributed by atoms with Crippen molar-refractivity contribution >= 4 is 5.97 Å². The lowest BCUT2D eigenvalue weighted by molar-refractivity contribution is -0.510. The molecule has 1 aliphatic rings. The van der Waals surface area contributed by atoms with Crippen LogP contribution in [0.25, 0.3) is 0 Å². The molecule has 0 aromatic heterocycles. The van der Waals surface area contributed by atoms with E-state index in [-0.39, 0.29) is 23.4 Å². The maximum Gasteiger partial charge on any atom is 0.308 e. The zero-order valence-corrected chi connectivity index (χ0v) is 9.33. The zero-order valence-electron chi connectivity index (χ0n) is 9.33. The van der Waals surface area contributed by atoms with Crippen LogP contribution in [-0.2, 0) is 19.1 Å². The molecule has 7 heteroatoms. The molecule has 7 nitrogen and oxygen atoms in total. The van der Waals surface area contributed by atoms with E-state index in [9.17, 15) is 4.79 Å². The van der Waals surface area contributed by atoms with Crippen LogP contribution in [0.3, 0.4) is 0 Å². The van der Waals surface area contributed by atoms with Crippen LogP contribution in [0.5, 0.6) is 0 Å². The summed E-state index contributed by atoms with van der Waals surface area (Å²) in [4.78, 5) is 16.1. The molecule has 2 N–H and O–H groups in total. The summed E-state index contributed by atoms with van der Waals surface area (Å²) in [5.41, 5.74) is 0. The van der Waals surface area contributed by atoms with Crippen molar-refractivity contribution in [3.05, 3.63) is 0 Å². The van der Waals surface area contributed by atoms with E-state index in [2.05, 4.69) is 4.74 Å². The summed E-state index contributed by atoms with van der Waals surface area (Å²) in [5, 5.41) is 16.8. The van der Waals surface area contributed by atoms with Gasteiger partial charge in [-0.25, -0.2) is 4.84 Å². The Labute approximate surface area is 93.4 Å². The maximum absolute atomic E-state index is 11.3. The summed E-state index contributed by atoms with van der Waals surface area (Å²) >= 11 is 0. The van der Waals surface area contributed by atoms with E-state index in [4.69, 9.17) is 20.0 Å². The Morgan fingerprint density at radius 1 is 1.25 bits per heavy atom. The predicted octanol–water partition coefficient (Wildman–Crippen LogP) is 0.355. The molecule has 94 valence electrons. The molecule has 16 heavy (non-hydrogen) atoms. The van der Waals surface area contributed by atoms with Crippen molar-refractivity contribution in [1.82, 2.24) is 5.39 Å². The van der Waals surface area contributed by atoms with Crippen molar-refractivity contribution < 1.29 is 29.5 Å². The first-order chi connectivity index (χ1) is 7.58. The Kier molecular flexibility index (Phi) is 5.10. The minimum absolute atomic E-state index is 0.261. The van der Waals surface area contributed by atoms with E-state index in [1.165, 1.54) is 14.2 Å². The number of hydrogen-bond donors (Lipinski definition) is 2. The molecule has 0 amide bonds. The minimum Gasteiger partial charge on any atom is -0.469 e. The molecule has 0 aromatic rings. The van der Waals surface area contributed by atoms with E-state index in [0.717, 1.165) is 0 Å². The number of nitrogens with zero attached hydrogens (tertiary/aromatic N) is 1. The van der Waals surface area contributed by atoms with E-state index < -0.39 is 6.10 Å². The molecule has 0 aromatic carbocycles. The summed E-state index contributed by atoms with van der Waals surface area (Å²) in [5.74, 6) is -0.605. The lowest BCUT2D eigenvalue weighted by atomic mass is 9.85. The smallest absolute Gasteiger partial charge is 0.308 e. The number of esters is 1. The number of rotatable bonds is 4. The summed E-state index contributed by atoms with van der Waals surface area (Å²) in [7, 11) is 2.84. The van der Waals surface area contributed by atoms with Crippen molar-refractivity contribution in [3.8, 4) is 0 Å². The molecule has 1 saturated carbocycles. The Morgan fingerprint density at radius 3 is 2.44 bits per heavy atom. The molecule has 0 radical (unpaired) electrons. The second-order valence-corrected chi connectivity index (χ2v) is 3.70. The SMILES string of the molecule is COC(=O)[C@H]1CC[C@@H](OC)[C@H](ON(O)O)C1. The summed E-state index contributed by atoms with van der Waals surface area (Å²) in [6, 6.07) is 0. The van der Waals surface area contributed by atoms with E-state index >= 15 is 0 Å². The van der Waals surface area contributed by atoms with Crippen molar-refractivity contribution in [3.63, 3.8) is 0 Å². The second-order valence-electron chi connectivity index (χ2n) is 3.70. The highest BCUT2D eigenvalue weighted by molar-refractivity contribution is 5.72. The third-order valence-electron chi connectivity index (χ3n) is 2.80. The summed E-state index contributed by atoms with van der Waals surface area (Å²) in [6.45, 7) is 0. The molecular formula is C9H17NO6. The second kappa shape index (κ2) is 6.12. The van der Waals surface area contributed by atoms with Crippen molar-refractivity contribution in [2.75, 3.05) is 14.2 Å². The van der Waals surface area contributed by atoms with Gasteiger partial charge in [-0.05, 0) is 19.3 Å². The number of carbonyl (C=O) groups is 1. The fraction of sp³-hybridized carbons (Fsp3) is 0.889. The first-order valence-corrected chi connectivity index (χ1v) is 5.03. The minimum atomic E-state index is -0.571. The normalized spacial score (nSPS) is 30.4. The van der Waals surface area contributed by atoms with Gasteiger partial charge in [-0.3, -0.25) is 15.2 Å². The fourth-order valence-corrected chi connectivity index (χ4v) is 1.98. The lowest BCUT2D eigenvalue weighted by Gasteiger charge is -2.33. The van der Waals surface area contributed by atoms with Crippen molar-refractivity contribution in [2.45, 2.75) is 31.5 Å². The van der Waals surface area contributed by atoms with Gasteiger partial charge < -0.3 is 9.47 Å². The molecule has 1 aliphatic carbocycles. The first kappa shape index (κ1) is 13.3. The fourth-order valence-electron chi connectivity index (χ4n) is 1.98. The molecule has 0 heterocycles. The van der Waals surface area contributed by atoms with Gasteiger partial charge in [-0.1, -0.05) is 0 Å². The largest absolute Gasteiger partial charge is 0.469 e. The van der Waals surface area contributed by atoms with Gasteiger partial charge in [-0.15, -0.1) is 0 Å². The van der Waals surface area contributed by atoms with E-state index in [1.807, 2.05) is 0 Å². The van der Waals surface area contributed by atoms with Gasteiger partial charge in [0.25, 0.3) is 0 Å². The van der Waals surface area contributed by atoms with Crippen molar-refractivity contribution in [1.29, 1.82) is 0 Å². The molecule has 0 aliphatic heterocycles. The highest BCUT2D eigenvalue weighted by atomic mass is 17.1. The first-order valence-electron chi connectivity index (χ1n) is 5.03. The zero-order chi connectivity index (χ0) is 12.1. The molecule has 0 spiro atoms. The monoisotopic (exact) mass is 235 g/mol. The molecule has 0 bridgehead atoms. The average molecular weight is 235 g/mol. The van der Waals surface area contributed by atoms with Crippen LogP contribution >= 0.6 is 0 Å². The van der Waals surface area contributed by atoms with Crippen LogP contribution in [-0.4, -0.2) is 48.2 Å². The van der Waals surface area contributed by atoms with Gasteiger partial charge in [-0.2, -0.15) is 0 Å². The number of carbonyl (C=O) groups excluding carboxylic acids is 1. The Bertz CT molecular complexity index is 234. The standard InChI is InChI=1S/C9H17NO6/c1-14-7-4-3-6(9(11)15-2)5-8(7)16-10(12)13/h6-8,12-13H,3-5H2,1-2H3/t6-,7+,8+/m0/s1. The lowest BCUT2D eigenvalue weighted by Crippen LogP contribution is -2.42. The summed E-state index contributed by atoms with van der Waals surface area (Å²) in [6.07, 6.45) is 0.750. The Hall–Kier alpha value is -0.730. The summed E-state index contributed by atoms with van der Waals surface area (Å²) < 4.78 is 9.78. The topological polar surface area (TPSA) is 88.5 Å². The van der Waals surface area contributed by atoms with Gasteiger partial charge in [0.1, 0.15) is 6.10 Å². The van der Waals surface area contributed by atoms with Crippen LogP contribution in [0.1, 0.15) is 19.3 Å². The van der Waals surface area contributed by atoms with Gasteiger partial charge in [0.2, 0.25) is 0 Å². The molecule has 1 fully saturated rings. The van der Waals surface area contributed by atoms with Gasteiger partial charge in [0.05, 0.1) is 24.5 Å². The van der Waals surface area contributed by atoms with E-state index in [1.54, 1.807) is 0 Å². The van der Waals surface area contributed by atoms with Gasteiger partial charge >= 0.3 is 5.97 Å². The van der Waals surface area contributed by atoms with E-state index in [0.29, 0.717) is 19.3 Å². The van der Waals surface area contributed by atoms with Crippen molar-refractivity contribution in [2.24, 2.45) is 5.92 Å². The maximum atomic E-state index is 11.3. The van der Waals surface area contributed by atoms with Crippen LogP contribution in [0.4, 0.5) is 0 Å². The number of ether oxygens (including phenoxy) is 2. The molecule has 0 unspecified atom stereocenters. The molecule has 0 saturated heterocycles. The van der Waals surface area contributed by atoms with Gasteiger partial charge in [0.15, 0.2) is 0 Å². The predicted molar refractivity (Wildman–Crippen MR) is 50.4 cm³/mol. The molecule has 3 atom stereocenters.